The predicted molar refractivity (Wildman–Crippen MR) is 127 cm³/mol. The van der Waals surface area contributed by atoms with Crippen molar-refractivity contribution in [3.05, 3.63) is 71.9 Å². The lowest BCUT2D eigenvalue weighted by Crippen LogP contribution is -2.42. The molecule has 2 aliphatic heterocycles. The maximum Gasteiger partial charge on any atom is 0.254 e. The van der Waals surface area contributed by atoms with Crippen molar-refractivity contribution in [2.45, 2.75) is 25.4 Å². The first-order valence-electron chi connectivity index (χ1n) is 11.7. The van der Waals surface area contributed by atoms with E-state index < -0.39 is 0 Å². The summed E-state index contributed by atoms with van der Waals surface area (Å²) >= 11 is 0. The minimum Gasteiger partial charge on any atom is -0.378 e. The third kappa shape index (κ3) is 5.26. The van der Waals surface area contributed by atoms with Crippen LogP contribution in [-0.4, -0.2) is 61.4 Å². The molecule has 0 aliphatic carbocycles. The number of anilines is 1. The fourth-order valence-electron chi connectivity index (χ4n) is 4.49. The second-order valence-electron chi connectivity index (χ2n) is 8.64. The maximum atomic E-state index is 12.6. The van der Waals surface area contributed by atoms with Gasteiger partial charge in [0, 0.05) is 61.6 Å². The van der Waals surface area contributed by atoms with Gasteiger partial charge in [-0.3, -0.25) is 4.79 Å². The highest BCUT2D eigenvalue weighted by Crippen LogP contribution is 2.23. The molecule has 0 saturated carbocycles. The molecule has 2 aliphatic rings. The Morgan fingerprint density at radius 1 is 0.970 bits per heavy atom. The highest BCUT2D eigenvalue weighted by molar-refractivity contribution is 5.94. The lowest BCUT2D eigenvalue weighted by Gasteiger charge is -2.34. The van der Waals surface area contributed by atoms with Crippen LogP contribution >= 0.6 is 0 Å². The summed E-state index contributed by atoms with van der Waals surface area (Å²) in [5.74, 6) is 0.897. The number of aromatic nitrogens is 1. The average Bonchev–Trinajstić information content (AvgIpc) is 3.38. The number of rotatable bonds is 6. The first kappa shape index (κ1) is 21.7. The minimum atomic E-state index is 0.0936. The van der Waals surface area contributed by atoms with E-state index in [9.17, 15) is 4.79 Å². The molecule has 5 rings (SSSR count). The van der Waals surface area contributed by atoms with Crippen LogP contribution in [0.15, 0.2) is 65.2 Å². The summed E-state index contributed by atoms with van der Waals surface area (Å²) < 4.78 is 10.8. The van der Waals surface area contributed by atoms with Crippen molar-refractivity contribution in [3.8, 4) is 11.3 Å². The SMILES string of the molecule is O=C(c1ccc(N2CCC(NCc3cc(-c4ccccc4)on3)CC2)cc1)N1CCOCC1. The van der Waals surface area contributed by atoms with Crippen molar-refractivity contribution in [1.29, 1.82) is 0 Å². The number of carbonyl (C=O) groups is 1. The fraction of sp³-hybridized carbons (Fsp3) is 0.385. The summed E-state index contributed by atoms with van der Waals surface area (Å²) in [6.07, 6.45) is 2.13. The molecule has 0 radical (unpaired) electrons. The maximum absolute atomic E-state index is 12.6. The molecule has 1 amide bonds. The van der Waals surface area contributed by atoms with Crippen LogP contribution in [0.5, 0.6) is 0 Å². The molecule has 0 atom stereocenters. The Morgan fingerprint density at radius 3 is 2.42 bits per heavy atom. The van der Waals surface area contributed by atoms with E-state index in [-0.39, 0.29) is 5.91 Å². The highest BCUT2D eigenvalue weighted by Gasteiger charge is 2.21. The van der Waals surface area contributed by atoms with Gasteiger partial charge < -0.3 is 24.4 Å². The van der Waals surface area contributed by atoms with Crippen LogP contribution in [0.1, 0.15) is 28.9 Å². The van der Waals surface area contributed by atoms with Gasteiger partial charge >= 0.3 is 0 Å². The quantitative estimate of drug-likeness (QED) is 0.624. The summed E-state index contributed by atoms with van der Waals surface area (Å²) in [6, 6.07) is 20.6. The van der Waals surface area contributed by atoms with E-state index >= 15 is 0 Å². The van der Waals surface area contributed by atoms with Crippen LogP contribution in [0, 0.1) is 0 Å². The van der Waals surface area contributed by atoms with Gasteiger partial charge in [0.2, 0.25) is 0 Å². The summed E-state index contributed by atoms with van der Waals surface area (Å²) in [5.41, 5.74) is 3.90. The zero-order valence-electron chi connectivity index (χ0n) is 18.8. The van der Waals surface area contributed by atoms with Crippen LogP contribution < -0.4 is 10.2 Å². The first-order valence-corrected chi connectivity index (χ1v) is 11.7. The van der Waals surface area contributed by atoms with Crippen molar-refractivity contribution < 1.29 is 14.1 Å². The topological polar surface area (TPSA) is 70.8 Å². The average molecular weight is 447 g/mol. The second-order valence-corrected chi connectivity index (χ2v) is 8.64. The molecule has 2 saturated heterocycles. The number of amides is 1. The van der Waals surface area contributed by atoms with Crippen molar-refractivity contribution in [3.63, 3.8) is 0 Å². The van der Waals surface area contributed by atoms with Gasteiger partial charge in [-0.05, 0) is 37.1 Å². The van der Waals surface area contributed by atoms with Crippen LogP contribution in [0.3, 0.4) is 0 Å². The van der Waals surface area contributed by atoms with Gasteiger partial charge in [-0.2, -0.15) is 0 Å². The van der Waals surface area contributed by atoms with Gasteiger partial charge in [0.1, 0.15) is 0 Å². The van der Waals surface area contributed by atoms with Crippen LogP contribution in [0.4, 0.5) is 5.69 Å². The third-order valence-electron chi connectivity index (χ3n) is 6.46. The summed E-state index contributed by atoms with van der Waals surface area (Å²) in [5, 5.41) is 7.84. The van der Waals surface area contributed by atoms with Crippen LogP contribution in [0.25, 0.3) is 11.3 Å². The van der Waals surface area contributed by atoms with Crippen molar-refractivity contribution >= 4 is 11.6 Å². The molecular weight excluding hydrogens is 416 g/mol. The second kappa shape index (κ2) is 10.2. The Labute approximate surface area is 194 Å². The van der Waals surface area contributed by atoms with Crippen molar-refractivity contribution in [2.75, 3.05) is 44.3 Å². The van der Waals surface area contributed by atoms with E-state index in [0.717, 1.165) is 48.5 Å². The smallest absolute Gasteiger partial charge is 0.254 e. The molecule has 0 unspecified atom stereocenters. The van der Waals surface area contributed by atoms with E-state index in [1.54, 1.807) is 0 Å². The molecular formula is C26H30N4O3. The Hall–Kier alpha value is -3.16. The molecule has 0 bridgehead atoms. The van der Waals surface area contributed by atoms with Gasteiger partial charge in [-0.15, -0.1) is 0 Å². The zero-order chi connectivity index (χ0) is 22.5. The number of nitrogens with zero attached hydrogens (tertiary/aromatic N) is 3. The van der Waals surface area contributed by atoms with Crippen LogP contribution in [-0.2, 0) is 11.3 Å². The number of nitrogens with one attached hydrogen (secondary N) is 1. The molecule has 1 N–H and O–H groups in total. The van der Waals surface area contributed by atoms with E-state index in [4.69, 9.17) is 9.26 Å². The first-order chi connectivity index (χ1) is 16.3. The molecule has 0 spiro atoms. The van der Waals surface area contributed by atoms with Gasteiger partial charge in [-0.25, -0.2) is 0 Å². The molecule has 1 aromatic heterocycles. The number of piperidine rings is 1. The Kier molecular flexibility index (Phi) is 6.69. The molecule has 2 fully saturated rings. The number of hydrogen-bond donors (Lipinski definition) is 1. The number of ether oxygens (including phenoxy) is 1. The number of morpholine rings is 1. The molecule has 7 heteroatoms. The highest BCUT2D eigenvalue weighted by atomic mass is 16.5. The largest absolute Gasteiger partial charge is 0.378 e. The molecule has 7 nitrogen and oxygen atoms in total. The Balaban J connectivity index is 1.09. The Bertz CT molecular complexity index is 1040. The minimum absolute atomic E-state index is 0.0936. The zero-order valence-corrected chi connectivity index (χ0v) is 18.8. The molecule has 3 heterocycles. The fourth-order valence-corrected chi connectivity index (χ4v) is 4.49. The lowest BCUT2D eigenvalue weighted by molar-refractivity contribution is 0.0303. The van der Waals surface area contributed by atoms with Gasteiger partial charge in [0.15, 0.2) is 5.76 Å². The Morgan fingerprint density at radius 2 is 1.70 bits per heavy atom. The summed E-state index contributed by atoms with van der Waals surface area (Å²) in [4.78, 5) is 16.9. The standard InChI is InChI=1S/C26H30N4O3/c31-26(30-14-16-32-17-15-30)21-6-8-24(9-7-21)29-12-10-22(11-13-29)27-19-23-18-25(33-28-23)20-4-2-1-3-5-20/h1-9,18,22,27H,10-17,19H2. The predicted octanol–water partition coefficient (Wildman–Crippen LogP) is 3.57. The molecule has 3 aromatic rings. The van der Waals surface area contributed by atoms with E-state index in [0.29, 0.717) is 38.9 Å². The van der Waals surface area contributed by atoms with Gasteiger partial charge in [0.05, 0.1) is 18.9 Å². The number of carbonyl (C=O) groups excluding carboxylic acids is 1. The summed E-state index contributed by atoms with van der Waals surface area (Å²) in [7, 11) is 0. The van der Waals surface area contributed by atoms with Gasteiger partial charge in [0.25, 0.3) is 5.91 Å². The van der Waals surface area contributed by atoms with Crippen LogP contribution in [0.2, 0.25) is 0 Å². The summed E-state index contributed by atoms with van der Waals surface area (Å²) in [6.45, 7) is 5.27. The molecule has 172 valence electrons. The molecule has 2 aromatic carbocycles. The molecule has 33 heavy (non-hydrogen) atoms. The van der Waals surface area contributed by atoms with Crippen molar-refractivity contribution in [1.82, 2.24) is 15.4 Å². The van der Waals surface area contributed by atoms with E-state index in [1.165, 1.54) is 5.69 Å². The van der Waals surface area contributed by atoms with E-state index in [2.05, 4.69) is 27.5 Å². The number of hydrogen-bond acceptors (Lipinski definition) is 6. The van der Waals surface area contributed by atoms with Crippen molar-refractivity contribution in [2.24, 2.45) is 0 Å². The monoisotopic (exact) mass is 446 g/mol. The number of benzene rings is 2. The lowest BCUT2D eigenvalue weighted by atomic mass is 10.0. The third-order valence-corrected chi connectivity index (χ3v) is 6.46. The normalized spacial score (nSPS) is 17.3. The van der Waals surface area contributed by atoms with E-state index in [1.807, 2.05) is 53.4 Å². The van der Waals surface area contributed by atoms with Gasteiger partial charge in [-0.1, -0.05) is 35.5 Å².